The zero-order chi connectivity index (χ0) is 17.4. The first-order valence-corrected chi connectivity index (χ1v) is 9.17. The van der Waals surface area contributed by atoms with E-state index < -0.39 is 0 Å². The molecule has 5 nitrogen and oxygen atoms in total. The van der Waals surface area contributed by atoms with Crippen molar-refractivity contribution in [2.45, 2.75) is 37.8 Å². The van der Waals surface area contributed by atoms with Gasteiger partial charge in [-0.2, -0.15) is 0 Å². The summed E-state index contributed by atoms with van der Waals surface area (Å²) in [6.07, 6.45) is 7.87. The summed E-state index contributed by atoms with van der Waals surface area (Å²) < 4.78 is 11.0. The van der Waals surface area contributed by atoms with Crippen LogP contribution in [0, 0.1) is 0 Å². The molecule has 0 aliphatic carbocycles. The highest BCUT2D eigenvalue weighted by molar-refractivity contribution is 5.88. The summed E-state index contributed by atoms with van der Waals surface area (Å²) in [6, 6.07) is 5.06. The van der Waals surface area contributed by atoms with Gasteiger partial charge < -0.3 is 14.4 Å². The molecule has 3 aliphatic rings. The predicted molar refractivity (Wildman–Crippen MR) is 96.1 cm³/mol. The highest BCUT2D eigenvalue weighted by atomic mass is 16.5. The van der Waals surface area contributed by atoms with Gasteiger partial charge >= 0.3 is 0 Å². The molecule has 1 aromatic carbocycles. The molecule has 1 saturated heterocycles. The Balaban J connectivity index is 1.56. The third-order valence-electron chi connectivity index (χ3n) is 5.85. The second kappa shape index (κ2) is 6.71. The van der Waals surface area contributed by atoms with E-state index in [4.69, 9.17) is 9.47 Å². The summed E-state index contributed by atoms with van der Waals surface area (Å²) >= 11 is 0. The SMILES string of the molecule is COc1cc2c(cc1OC)C1CCC(N3CCC=CC3=O)CN1CC2. The van der Waals surface area contributed by atoms with E-state index in [2.05, 4.69) is 21.9 Å². The molecule has 0 saturated carbocycles. The van der Waals surface area contributed by atoms with Gasteiger partial charge in [-0.05, 0) is 55.0 Å². The smallest absolute Gasteiger partial charge is 0.246 e. The van der Waals surface area contributed by atoms with E-state index in [1.54, 1.807) is 20.3 Å². The fourth-order valence-electron chi connectivity index (χ4n) is 4.57. The van der Waals surface area contributed by atoms with E-state index in [0.717, 1.165) is 56.8 Å². The number of carbonyl (C=O) groups excluding carboxylic acids is 1. The monoisotopic (exact) mass is 342 g/mol. The third-order valence-corrected chi connectivity index (χ3v) is 5.85. The lowest BCUT2D eigenvalue weighted by molar-refractivity contribution is -0.130. The van der Waals surface area contributed by atoms with Crippen LogP contribution in [0.15, 0.2) is 24.3 Å². The van der Waals surface area contributed by atoms with Crippen molar-refractivity contribution in [2.24, 2.45) is 0 Å². The number of amides is 1. The molecule has 0 aromatic heterocycles. The Kier molecular flexibility index (Phi) is 4.42. The van der Waals surface area contributed by atoms with Gasteiger partial charge in [0, 0.05) is 31.7 Å². The molecule has 2 atom stereocenters. The van der Waals surface area contributed by atoms with E-state index in [9.17, 15) is 4.79 Å². The summed E-state index contributed by atoms with van der Waals surface area (Å²) in [4.78, 5) is 16.8. The van der Waals surface area contributed by atoms with Crippen LogP contribution in [0.5, 0.6) is 11.5 Å². The van der Waals surface area contributed by atoms with Crippen molar-refractivity contribution >= 4 is 5.91 Å². The van der Waals surface area contributed by atoms with Crippen LogP contribution < -0.4 is 9.47 Å². The molecular weight excluding hydrogens is 316 g/mol. The maximum atomic E-state index is 12.2. The van der Waals surface area contributed by atoms with E-state index in [1.807, 2.05) is 6.08 Å². The molecule has 3 aliphatic heterocycles. The Morgan fingerprint density at radius 1 is 1.08 bits per heavy atom. The van der Waals surface area contributed by atoms with Gasteiger partial charge in [0.05, 0.1) is 14.2 Å². The van der Waals surface area contributed by atoms with E-state index in [0.29, 0.717) is 12.1 Å². The lowest BCUT2D eigenvalue weighted by Crippen LogP contribution is -2.53. The van der Waals surface area contributed by atoms with Crippen molar-refractivity contribution in [1.29, 1.82) is 0 Å². The maximum absolute atomic E-state index is 12.2. The molecule has 2 unspecified atom stereocenters. The molecule has 4 rings (SSSR count). The number of methoxy groups -OCH3 is 2. The first-order chi connectivity index (χ1) is 12.2. The number of hydrogen-bond acceptors (Lipinski definition) is 4. The number of ether oxygens (including phenoxy) is 2. The summed E-state index contributed by atoms with van der Waals surface area (Å²) in [6.45, 7) is 2.87. The molecule has 3 heterocycles. The van der Waals surface area contributed by atoms with Crippen molar-refractivity contribution in [2.75, 3.05) is 33.9 Å². The van der Waals surface area contributed by atoms with Gasteiger partial charge in [0.1, 0.15) is 0 Å². The van der Waals surface area contributed by atoms with Crippen molar-refractivity contribution in [3.8, 4) is 11.5 Å². The molecule has 134 valence electrons. The summed E-state index contributed by atoms with van der Waals surface area (Å²) in [7, 11) is 3.38. The van der Waals surface area contributed by atoms with Crippen molar-refractivity contribution in [3.05, 3.63) is 35.4 Å². The van der Waals surface area contributed by atoms with Crippen LogP contribution in [-0.2, 0) is 11.2 Å². The Bertz CT molecular complexity index is 700. The average molecular weight is 342 g/mol. The van der Waals surface area contributed by atoms with E-state index >= 15 is 0 Å². The summed E-state index contributed by atoms with van der Waals surface area (Å²) in [5.74, 6) is 1.80. The molecule has 0 bridgehead atoms. The van der Waals surface area contributed by atoms with Gasteiger partial charge in [-0.1, -0.05) is 6.08 Å². The van der Waals surface area contributed by atoms with Crippen LogP contribution >= 0.6 is 0 Å². The molecule has 0 N–H and O–H groups in total. The predicted octanol–water partition coefficient (Wildman–Crippen LogP) is 2.55. The zero-order valence-electron chi connectivity index (χ0n) is 15.0. The minimum atomic E-state index is 0.179. The minimum absolute atomic E-state index is 0.179. The highest BCUT2D eigenvalue weighted by Gasteiger charge is 2.37. The van der Waals surface area contributed by atoms with Crippen LogP contribution in [0.25, 0.3) is 0 Å². The van der Waals surface area contributed by atoms with Gasteiger partial charge in [0.15, 0.2) is 11.5 Å². The second-order valence-electron chi connectivity index (χ2n) is 7.12. The molecule has 5 heteroatoms. The Morgan fingerprint density at radius 2 is 1.88 bits per heavy atom. The molecule has 1 amide bonds. The number of hydrogen-bond donors (Lipinski definition) is 0. The third kappa shape index (κ3) is 2.91. The van der Waals surface area contributed by atoms with E-state index in [1.165, 1.54) is 11.1 Å². The minimum Gasteiger partial charge on any atom is -0.493 e. The molecular formula is C20H26N2O3. The average Bonchev–Trinajstić information content (AvgIpc) is 2.66. The van der Waals surface area contributed by atoms with Crippen molar-refractivity contribution < 1.29 is 14.3 Å². The second-order valence-corrected chi connectivity index (χ2v) is 7.12. The highest BCUT2D eigenvalue weighted by Crippen LogP contribution is 2.42. The number of rotatable bonds is 3. The Hall–Kier alpha value is -2.01. The first-order valence-electron chi connectivity index (χ1n) is 9.17. The Labute approximate surface area is 149 Å². The largest absolute Gasteiger partial charge is 0.493 e. The quantitative estimate of drug-likeness (QED) is 0.847. The lowest BCUT2D eigenvalue weighted by atomic mass is 9.84. The van der Waals surface area contributed by atoms with Crippen molar-refractivity contribution in [1.82, 2.24) is 9.80 Å². The number of benzene rings is 1. The van der Waals surface area contributed by atoms with Crippen LogP contribution in [0.3, 0.4) is 0 Å². The molecule has 0 spiro atoms. The molecule has 1 aromatic rings. The van der Waals surface area contributed by atoms with Gasteiger partial charge in [0.25, 0.3) is 0 Å². The van der Waals surface area contributed by atoms with Gasteiger partial charge in [0.2, 0.25) is 5.91 Å². The van der Waals surface area contributed by atoms with Crippen molar-refractivity contribution in [3.63, 3.8) is 0 Å². The van der Waals surface area contributed by atoms with Crippen LogP contribution in [0.1, 0.15) is 36.4 Å². The van der Waals surface area contributed by atoms with Crippen LogP contribution in [-0.4, -0.2) is 55.6 Å². The summed E-state index contributed by atoms with van der Waals surface area (Å²) in [5, 5.41) is 0. The van der Waals surface area contributed by atoms with Crippen LogP contribution in [0.2, 0.25) is 0 Å². The first kappa shape index (κ1) is 16.5. The summed E-state index contributed by atoms with van der Waals surface area (Å²) in [5.41, 5.74) is 2.74. The Morgan fingerprint density at radius 3 is 2.64 bits per heavy atom. The normalized spacial score (nSPS) is 26.2. The fraction of sp³-hybridized carbons (Fsp3) is 0.550. The van der Waals surface area contributed by atoms with Gasteiger partial charge in [-0.3, -0.25) is 9.69 Å². The zero-order valence-corrected chi connectivity index (χ0v) is 15.0. The number of carbonyl (C=O) groups is 1. The molecule has 25 heavy (non-hydrogen) atoms. The number of nitrogens with zero attached hydrogens (tertiary/aromatic N) is 2. The van der Waals surface area contributed by atoms with E-state index in [-0.39, 0.29) is 5.91 Å². The topological polar surface area (TPSA) is 42.0 Å². The molecule has 1 fully saturated rings. The van der Waals surface area contributed by atoms with Gasteiger partial charge in [-0.25, -0.2) is 0 Å². The maximum Gasteiger partial charge on any atom is 0.246 e. The van der Waals surface area contributed by atoms with Gasteiger partial charge in [-0.15, -0.1) is 0 Å². The standard InChI is InChI=1S/C20H26N2O3/c1-24-18-11-14-8-10-21-13-15(22-9-4-3-5-20(22)23)6-7-17(21)16(14)12-19(18)25-2/h3,5,11-12,15,17H,4,6-10,13H2,1-2H3. The lowest BCUT2D eigenvalue weighted by Gasteiger charge is -2.46. The number of fused-ring (bicyclic) bond motifs is 3. The number of piperidine rings is 1. The van der Waals surface area contributed by atoms with Crippen LogP contribution in [0.4, 0.5) is 0 Å². The fourth-order valence-corrected chi connectivity index (χ4v) is 4.57. The molecule has 0 radical (unpaired) electrons.